The van der Waals surface area contributed by atoms with Crippen LogP contribution in [0.5, 0.6) is 0 Å². The van der Waals surface area contributed by atoms with Gasteiger partial charge in [-0.05, 0) is 58.0 Å². The molecule has 0 spiro atoms. The first-order valence-electron chi connectivity index (χ1n) is 7.60. The van der Waals surface area contributed by atoms with Crippen LogP contribution in [0, 0.1) is 0 Å². The van der Waals surface area contributed by atoms with Crippen LogP contribution in [0.2, 0.25) is 0 Å². The zero-order valence-electron chi connectivity index (χ0n) is 12.5. The molecule has 1 saturated heterocycles. The highest BCUT2D eigenvalue weighted by Crippen LogP contribution is 2.30. The summed E-state index contributed by atoms with van der Waals surface area (Å²) in [4.78, 5) is 7.28. The van der Waals surface area contributed by atoms with Gasteiger partial charge >= 0.3 is 0 Å². The van der Waals surface area contributed by atoms with Gasteiger partial charge in [-0.25, -0.2) is 4.98 Å². The number of likely N-dealkylation sites (tertiary alicyclic amines) is 1. The molecule has 1 aliphatic rings. The fourth-order valence-electron chi connectivity index (χ4n) is 3.25. The average Bonchev–Trinajstić information content (AvgIpc) is 3.04. The molecule has 2 unspecified atom stereocenters. The molecule has 3 rings (SSSR count). The first-order chi connectivity index (χ1) is 10.1. The van der Waals surface area contributed by atoms with Gasteiger partial charge in [0.25, 0.3) is 0 Å². The summed E-state index contributed by atoms with van der Waals surface area (Å²) in [5.41, 5.74) is 2.19. The van der Waals surface area contributed by atoms with Crippen LogP contribution >= 0.6 is 27.5 Å². The first-order valence-corrected chi connectivity index (χ1v) is 8.83. The molecule has 21 heavy (non-hydrogen) atoms. The fourth-order valence-corrected chi connectivity index (χ4v) is 3.75. The SMILES string of the molecule is CC(Cl)c1nc2ccc(Br)cc2n1C(C)CN1CCCC1. The number of halogens is 2. The van der Waals surface area contributed by atoms with Crippen LogP contribution in [-0.2, 0) is 0 Å². The molecule has 114 valence electrons. The molecular formula is C16H21BrClN3. The Labute approximate surface area is 139 Å². The van der Waals surface area contributed by atoms with Gasteiger partial charge in [-0.3, -0.25) is 0 Å². The molecule has 2 aromatic rings. The van der Waals surface area contributed by atoms with Gasteiger partial charge in [0.2, 0.25) is 0 Å². The Bertz CT molecular complexity index is 632. The van der Waals surface area contributed by atoms with E-state index in [4.69, 9.17) is 16.6 Å². The molecule has 0 radical (unpaired) electrons. The molecule has 3 nitrogen and oxygen atoms in total. The minimum atomic E-state index is -0.0859. The van der Waals surface area contributed by atoms with Crippen molar-refractivity contribution >= 4 is 38.6 Å². The van der Waals surface area contributed by atoms with E-state index in [2.05, 4.69) is 44.5 Å². The quantitative estimate of drug-likeness (QED) is 0.724. The number of hydrogen-bond acceptors (Lipinski definition) is 2. The topological polar surface area (TPSA) is 21.1 Å². The maximum atomic E-state index is 6.37. The van der Waals surface area contributed by atoms with Crippen molar-refractivity contribution in [1.82, 2.24) is 14.5 Å². The van der Waals surface area contributed by atoms with E-state index >= 15 is 0 Å². The highest BCUT2D eigenvalue weighted by molar-refractivity contribution is 9.10. The van der Waals surface area contributed by atoms with E-state index in [0.717, 1.165) is 22.4 Å². The van der Waals surface area contributed by atoms with Gasteiger partial charge < -0.3 is 9.47 Å². The third-order valence-corrected chi connectivity index (χ3v) is 4.88. The van der Waals surface area contributed by atoms with Crippen molar-refractivity contribution in [1.29, 1.82) is 0 Å². The van der Waals surface area contributed by atoms with Gasteiger partial charge in [-0.15, -0.1) is 11.6 Å². The molecule has 0 bridgehead atoms. The number of rotatable bonds is 4. The van der Waals surface area contributed by atoms with Gasteiger partial charge in [0, 0.05) is 17.1 Å². The van der Waals surface area contributed by atoms with Crippen molar-refractivity contribution in [3.8, 4) is 0 Å². The summed E-state index contributed by atoms with van der Waals surface area (Å²) in [7, 11) is 0. The van der Waals surface area contributed by atoms with Crippen molar-refractivity contribution in [2.45, 2.75) is 38.1 Å². The lowest BCUT2D eigenvalue weighted by Gasteiger charge is -2.24. The summed E-state index contributed by atoms with van der Waals surface area (Å²) in [5, 5.41) is -0.0859. The first kappa shape index (κ1) is 15.3. The lowest BCUT2D eigenvalue weighted by molar-refractivity contribution is 0.287. The summed E-state index contributed by atoms with van der Waals surface area (Å²) >= 11 is 9.94. The standard InChI is InChI=1S/C16H21BrClN3/c1-11(10-20-7-3-4-8-20)21-15-9-13(17)5-6-14(15)19-16(21)12(2)18/h5-6,9,11-12H,3-4,7-8,10H2,1-2H3. The molecule has 1 aromatic heterocycles. The number of nitrogens with zero attached hydrogens (tertiary/aromatic N) is 3. The van der Waals surface area contributed by atoms with Gasteiger partial charge in [-0.2, -0.15) is 0 Å². The number of aromatic nitrogens is 2. The maximum absolute atomic E-state index is 6.37. The fraction of sp³-hybridized carbons (Fsp3) is 0.562. The predicted octanol–water partition coefficient (Wildman–Crippen LogP) is 4.76. The number of alkyl halides is 1. The molecule has 0 amide bonds. The Morgan fingerprint density at radius 2 is 2.00 bits per heavy atom. The molecule has 5 heteroatoms. The van der Waals surface area contributed by atoms with Crippen LogP contribution in [0.15, 0.2) is 22.7 Å². The van der Waals surface area contributed by atoms with E-state index in [-0.39, 0.29) is 5.38 Å². The summed E-state index contributed by atoms with van der Waals surface area (Å²) in [6.45, 7) is 7.76. The Morgan fingerprint density at radius 3 is 2.67 bits per heavy atom. The highest BCUT2D eigenvalue weighted by Gasteiger charge is 2.22. The molecule has 1 aromatic carbocycles. The van der Waals surface area contributed by atoms with Gasteiger partial charge in [0.15, 0.2) is 0 Å². The van der Waals surface area contributed by atoms with Crippen molar-refractivity contribution in [2.24, 2.45) is 0 Å². The van der Waals surface area contributed by atoms with E-state index in [1.54, 1.807) is 0 Å². The van der Waals surface area contributed by atoms with Crippen molar-refractivity contribution in [3.63, 3.8) is 0 Å². The summed E-state index contributed by atoms with van der Waals surface area (Å²) in [6, 6.07) is 6.61. The second-order valence-electron chi connectivity index (χ2n) is 5.95. The van der Waals surface area contributed by atoms with Crippen LogP contribution in [0.4, 0.5) is 0 Å². The Balaban J connectivity index is 2.00. The molecule has 0 aliphatic carbocycles. The van der Waals surface area contributed by atoms with Crippen LogP contribution in [0.25, 0.3) is 11.0 Å². The van der Waals surface area contributed by atoms with Gasteiger partial charge in [0.1, 0.15) is 5.82 Å². The smallest absolute Gasteiger partial charge is 0.128 e. The molecule has 1 aliphatic heterocycles. The van der Waals surface area contributed by atoms with E-state index in [0.29, 0.717) is 6.04 Å². The second-order valence-corrected chi connectivity index (χ2v) is 7.52. The summed E-state index contributed by atoms with van der Waals surface area (Å²) < 4.78 is 3.40. The second kappa shape index (κ2) is 6.27. The van der Waals surface area contributed by atoms with Crippen LogP contribution in [0.1, 0.15) is 43.9 Å². The minimum absolute atomic E-state index is 0.0859. The van der Waals surface area contributed by atoms with Crippen LogP contribution < -0.4 is 0 Å². The Hall–Kier alpha value is -0.580. The number of benzene rings is 1. The zero-order valence-corrected chi connectivity index (χ0v) is 14.9. The number of fused-ring (bicyclic) bond motifs is 1. The highest BCUT2D eigenvalue weighted by atomic mass is 79.9. The normalized spacial score (nSPS) is 19.2. The third-order valence-electron chi connectivity index (χ3n) is 4.20. The van der Waals surface area contributed by atoms with Crippen LogP contribution in [0.3, 0.4) is 0 Å². The van der Waals surface area contributed by atoms with E-state index in [1.807, 2.05) is 13.0 Å². The van der Waals surface area contributed by atoms with E-state index in [1.165, 1.54) is 31.4 Å². The van der Waals surface area contributed by atoms with E-state index < -0.39 is 0 Å². The summed E-state index contributed by atoms with van der Waals surface area (Å²) in [6.07, 6.45) is 2.64. The molecule has 2 atom stereocenters. The average molecular weight is 371 g/mol. The molecular weight excluding hydrogens is 350 g/mol. The van der Waals surface area contributed by atoms with Gasteiger partial charge in [0.05, 0.1) is 16.4 Å². The minimum Gasteiger partial charge on any atom is -0.323 e. The largest absolute Gasteiger partial charge is 0.323 e. The summed E-state index contributed by atoms with van der Waals surface area (Å²) in [5.74, 6) is 0.969. The maximum Gasteiger partial charge on any atom is 0.128 e. The lowest BCUT2D eigenvalue weighted by Crippen LogP contribution is -2.28. The molecule has 1 fully saturated rings. The molecule has 0 N–H and O–H groups in total. The lowest BCUT2D eigenvalue weighted by atomic mass is 10.2. The van der Waals surface area contributed by atoms with Crippen molar-refractivity contribution in [2.75, 3.05) is 19.6 Å². The Morgan fingerprint density at radius 1 is 1.29 bits per heavy atom. The molecule has 2 heterocycles. The number of imidazole rings is 1. The molecule has 0 saturated carbocycles. The third kappa shape index (κ3) is 3.13. The van der Waals surface area contributed by atoms with Crippen molar-refractivity contribution < 1.29 is 0 Å². The van der Waals surface area contributed by atoms with Crippen molar-refractivity contribution in [3.05, 3.63) is 28.5 Å². The predicted molar refractivity (Wildman–Crippen MR) is 92.1 cm³/mol. The monoisotopic (exact) mass is 369 g/mol. The zero-order chi connectivity index (χ0) is 15.0. The Kier molecular flexibility index (Phi) is 4.57. The van der Waals surface area contributed by atoms with Gasteiger partial charge in [-0.1, -0.05) is 15.9 Å². The number of hydrogen-bond donors (Lipinski definition) is 0. The van der Waals surface area contributed by atoms with E-state index in [9.17, 15) is 0 Å². The van der Waals surface area contributed by atoms with Crippen LogP contribution in [-0.4, -0.2) is 34.1 Å².